The van der Waals surface area contributed by atoms with E-state index in [2.05, 4.69) is 15.9 Å². The second-order valence-electron chi connectivity index (χ2n) is 4.33. The van der Waals surface area contributed by atoms with Crippen molar-refractivity contribution < 1.29 is 9.72 Å². The Labute approximate surface area is 113 Å². The first-order valence-electron chi connectivity index (χ1n) is 5.71. The fourth-order valence-electron chi connectivity index (χ4n) is 2.13. The predicted molar refractivity (Wildman–Crippen MR) is 72.1 cm³/mol. The van der Waals surface area contributed by atoms with Gasteiger partial charge < -0.3 is 4.90 Å². The lowest BCUT2D eigenvalue weighted by Crippen LogP contribution is -2.42. The highest BCUT2D eigenvalue weighted by Gasteiger charge is 2.28. The number of benzene rings is 1. The second-order valence-corrected chi connectivity index (χ2v) is 5.43. The molecule has 0 radical (unpaired) electrons. The minimum Gasteiger partial charge on any atom is -0.311 e. The van der Waals surface area contributed by atoms with Gasteiger partial charge in [-0.1, -0.05) is 15.9 Å². The highest BCUT2D eigenvalue weighted by Crippen LogP contribution is 2.29. The SMILES string of the molecule is Cc1cc([N+](=O)[O-])ccc1N1CCCC(Br)C1=O. The van der Waals surface area contributed by atoms with Gasteiger partial charge in [-0.3, -0.25) is 14.9 Å². The molecule has 0 bridgehead atoms. The Balaban J connectivity index is 2.33. The van der Waals surface area contributed by atoms with Crippen molar-refractivity contribution >= 4 is 33.2 Å². The summed E-state index contributed by atoms with van der Waals surface area (Å²) in [4.78, 5) is 23.8. The van der Waals surface area contributed by atoms with Crippen molar-refractivity contribution in [1.82, 2.24) is 0 Å². The van der Waals surface area contributed by atoms with Gasteiger partial charge in [0.25, 0.3) is 5.69 Å². The van der Waals surface area contributed by atoms with E-state index in [0.29, 0.717) is 6.54 Å². The second kappa shape index (κ2) is 5.06. The number of hydrogen-bond acceptors (Lipinski definition) is 3. The molecule has 0 aromatic heterocycles. The van der Waals surface area contributed by atoms with E-state index in [1.165, 1.54) is 12.1 Å². The smallest absolute Gasteiger partial charge is 0.269 e. The molecule has 1 atom stereocenters. The van der Waals surface area contributed by atoms with Gasteiger partial charge in [-0.05, 0) is 31.4 Å². The average molecular weight is 313 g/mol. The third kappa shape index (κ3) is 2.38. The van der Waals surface area contributed by atoms with Gasteiger partial charge in [-0.2, -0.15) is 0 Å². The van der Waals surface area contributed by atoms with E-state index in [1.807, 2.05) is 0 Å². The molecule has 0 N–H and O–H groups in total. The van der Waals surface area contributed by atoms with E-state index in [-0.39, 0.29) is 16.4 Å². The Morgan fingerprint density at radius 1 is 1.50 bits per heavy atom. The topological polar surface area (TPSA) is 63.5 Å². The Kier molecular flexibility index (Phi) is 3.65. The molecule has 0 aliphatic carbocycles. The molecular weight excluding hydrogens is 300 g/mol. The third-order valence-electron chi connectivity index (χ3n) is 3.06. The molecule has 96 valence electrons. The first-order valence-corrected chi connectivity index (χ1v) is 6.63. The van der Waals surface area contributed by atoms with Gasteiger partial charge in [0, 0.05) is 24.4 Å². The van der Waals surface area contributed by atoms with E-state index in [1.54, 1.807) is 17.9 Å². The van der Waals surface area contributed by atoms with Gasteiger partial charge in [0.15, 0.2) is 0 Å². The summed E-state index contributed by atoms with van der Waals surface area (Å²) in [5.41, 5.74) is 1.56. The molecule has 1 amide bonds. The van der Waals surface area contributed by atoms with Crippen LogP contribution in [0.4, 0.5) is 11.4 Å². The molecule has 1 aromatic rings. The van der Waals surface area contributed by atoms with Crippen LogP contribution < -0.4 is 4.90 Å². The summed E-state index contributed by atoms with van der Waals surface area (Å²) in [6.45, 7) is 2.45. The first kappa shape index (κ1) is 13.0. The number of aryl methyl sites for hydroxylation is 1. The number of halogens is 1. The molecule has 18 heavy (non-hydrogen) atoms. The summed E-state index contributed by atoms with van der Waals surface area (Å²) < 4.78 is 0. The van der Waals surface area contributed by atoms with Crippen molar-refractivity contribution in [2.24, 2.45) is 0 Å². The van der Waals surface area contributed by atoms with Crippen molar-refractivity contribution in [1.29, 1.82) is 0 Å². The molecule has 0 saturated carbocycles. The number of carbonyl (C=O) groups is 1. The number of nitro groups is 1. The van der Waals surface area contributed by atoms with Gasteiger partial charge in [0.2, 0.25) is 5.91 Å². The summed E-state index contributed by atoms with van der Waals surface area (Å²) in [7, 11) is 0. The van der Waals surface area contributed by atoms with Gasteiger partial charge in [0.05, 0.1) is 9.75 Å². The fraction of sp³-hybridized carbons (Fsp3) is 0.417. The Bertz CT molecular complexity index is 504. The Morgan fingerprint density at radius 2 is 2.22 bits per heavy atom. The molecule has 1 aromatic carbocycles. The molecule has 6 heteroatoms. The van der Waals surface area contributed by atoms with Gasteiger partial charge in [-0.15, -0.1) is 0 Å². The minimum absolute atomic E-state index is 0.0261. The average Bonchev–Trinajstić information content (AvgIpc) is 2.33. The Morgan fingerprint density at radius 3 is 2.83 bits per heavy atom. The van der Waals surface area contributed by atoms with Crippen LogP contribution in [0.25, 0.3) is 0 Å². The van der Waals surface area contributed by atoms with E-state index in [4.69, 9.17) is 0 Å². The van der Waals surface area contributed by atoms with Crippen LogP contribution in [0.1, 0.15) is 18.4 Å². The van der Waals surface area contributed by atoms with Crippen molar-refractivity contribution in [2.45, 2.75) is 24.6 Å². The summed E-state index contributed by atoms with van der Waals surface area (Å²) >= 11 is 3.35. The maximum Gasteiger partial charge on any atom is 0.269 e. The number of piperidine rings is 1. The molecular formula is C12H13BrN2O3. The zero-order valence-electron chi connectivity index (χ0n) is 9.93. The highest BCUT2D eigenvalue weighted by atomic mass is 79.9. The maximum absolute atomic E-state index is 12.0. The molecule has 1 saturated heterocycles. The lowest BCUT2D eigenvalue weighted by Gasteiger charge is -2.30. The van der Waals surface area contributed by atoms with Crippen molar-refractivity contribution in [3.05, 3.63) is 33.9 Å². The number of anilines is 1. The first-order chi connectivity index (χ1) is 8.50. The minimum atomic E-state index is -0.428. The van der Waals surface area contributed by atoms with Crippen LogP contribution in [0.5, 0.6) is 0 Å². The molecule has 1 aliphatic heterocycles. The van der Waals surface area contributed by atoms with Gasteiger partial charge >= 0.3 is 0 Å². The lowest BCUT2D eigenvalue weighted by atomic mass is 10.1. The van der Waals surface area contributed by atoms with Crippen LogP contribution >= 0.6 is 15.9 Å². The van der Waals surface area contributed by atoms with Crippen LogP contribution in [0.3, 0.4) is 0 Å². The normalized spacial score (nSPS) is 20.0. The van der Waals surface area contributed by atoms with E-state index >= 15 is 0 Å². The fourth-order valence-corrected chi connectivity index (χ4v) is 2.70. The number of hydrogen-bond donors (Lipinski definition) is 0. The molecule has 2 rings (SSSR count). The van der Waals surface area contributed by atoms with Crippen LogP contribution in [-0.2, 0) is 4.79 Å². The zero-order valence-corrected chi connectivity index (χ0v) is 11.5. The van der Waals surface area contributed by atoms with Crippen LogP contribution in [0, 0.1) is 17.0 Å². The standard InChI is InChI=1S/C12H13BrN2O3/c1-8-7-9(15(17)18)4-5-11(8)14-6-2-3-10(13)12(14)16/h4-5,7,10H,2-3,6H2,1H3. The van der Waals surface area contributed by atoms with E-state index < -0.39 is 4.92 Å². The molecule has 1 unspecified atom stereocenters. The van der Waals surface area contributed by atoms with Gasteiger partial charge in [0.1, 0.15) is 0 Å². The van der Waals surface area contributed by atoms with Crippen molar-refractivity contribution in [3.8, 4) is 0 Å². The Hall–Kier alpha value is -1.43. The summed E-state index contributed by atoms with van der Waals surface area (Å²) in [5.74, 6) is 0.0261. The zero-order chi connectivity index (χ0) is 13.3. The largest absolute Gasteiger partial charge is 0.311 e. The van der Waals surface area contributed by atoms with E-state index in [9.17, 15) is 14.9 Å². The summed E-state index contributed by atoms with van der Waals surface area (Å²) in [6.07, 6.45) is 1.76. The quantitative estimate of drug-likeness (QED) is 0.479. The molecule has 1 fully saturated rings. The highest BCUT2D eigenvalue weighted by molar-refractivity contribution is 9.10. The molecule has 0 spiro atoms. The number of amides is 1. The monoisotopic (exact) mass is 312 g/mol. The number of rotatable bonds is 2. The molecule has 1 heterocycles. The summed E-state index contributed by atoms with van der Waals surface area (Å²) in [5, 5.41) is 10.7. The summed E-state index contributed by atoms with van der Waals surface area (Å²) in [6, 6.07) is 4.59. The van der Waals surface area contributed by atoms with E-state index in [0.717, 1.165) is 24.1 Å². The number of nitrogens with zero attached hydrogens (tertiary/aromatic N) is 2. The molecule has 5 nitrogen and oxygen atoms in total. The van der Waals surface area contributed by atoms with Crippen molar-refractivity contribution in [3.63, 3.8) is 0 Å². The third-order valence-corrected chi connectivity index (χ3v) is 3.90. The van der Waals surface area contributed by atoms with Crippen molar-refractivity contribution in [2.75, 3.05) is 11.4 Å². The number of nitro benzene ring substituents is 1. The molecule has 1 aliphatic rings. The lowest BCUT2D eigenvalue weighted by molar-refractivity contribution is -0.384. The number of alkyl halides is 1. The van der Waals surface area contributed by atoms with Crippen LogP contribution in [-0.4, -0.2) is 22.2 Å². The maximum atomic E-state index is 12.0. The van der Waals surface area contributed by atoms with Crippen LogP contribution in [0.2, 0.25) is 0 Å². The van der Waals surface area contributed by atoms with Gasteiger partial charge in [-0.25, -0.2) is 0 Å². The number of carbonyl (C=O) groups excluding carboxylic acids is 1. The predicted octanol–water partition coefficient (Wildman–Crippen LogP) is 2.79. The van der Waals surface area contributed by atoms with Crippen LogP contribution in [0.15, 0.2) is 18.2 Å². The number of non-ortho nitro benzene ring substituents is 1.